The minimum atomic E-state index is -2.62. The smallest absolute Gasteiger partial charge is 0.243 e. The van der Waals surface area contributed by atoms with E-state index in [1.807, 2.05) is 7.05 Å². The Morgan fingerprint density at radius 3 is 2.00 bits per heavy atom. The molecule has 0 aliphatic rings. The zero-order chi connectivity index (χ0) is 19.2. The van der Waals surface area contributed by atoms with Crippen LogP contribution in [0, 0.1) is 0 Å². The fraction of sp³-hybridized carbons (Fsp3) is 0.692. The van der Waals surface area contributed by atoms with E-state index in [2.05, 4.69) is 34.8 Å². The quantitative estimate of drug-likeness (QED) is 0.461. The number of aliphatic carboxylic acids is 1. The summed E-state index contributed by atoms with van der Waals surface area (Å²) in [4.78, 5) is 8.38. The number of hydrogen-bond acceptors (Lipinski definition) is 2. The number of aryl methyl sites for hydroxylation is 2. The first-order valence-electron chi connectivity index (χ1n) is 6.75. The normalized spacial score (nSPS) is 14.5. The Morgan fingerprint density at radius 1 is 1.21 bits per heavy atom. The molecule has 0 radical (unpaired) electrons. The van der Waals surface area contributed by atoms with Gasteiger partial charge in [-0.1, -0.05) is 71.3 Å². The Bertz CT molecular complexity index is 531. The van der Waals surface area contributed by atoms with Crippen LogP contribution in [0.1, 0.15) is 19.8 Å². The van der Waals surface area contributed by atoms with E-state index in [1.54, 1.807) is 0 Å². The van der Waals surface area contributed by atoms with Crippen LogP contribution in [0.25, 0.3) is 0 Å². The molecule has 0 aliphatic heterocycles. The number of carboxylic acids is 1. The van der Waals surface area contributed by atoms with Gasteiger partial charge >= 0.3 is 0 Å². The van der Waals surface area contributed by atoms with Gasteiger partial charge in [0.25, 0.3) is 0 Å². The number of halogens is 7. The second kappa shape index (κ2) is 10.1. The van der Waals surface area contributed by atoms with Crippen molar-refractivity contribution in [3.8, 4) is 0 Å². The van der Waals surface area contributed by atoms with Gasteiger partial charge in [0, 0.05) is 5.88 Å². The number of imidazole rings is 1. The van der Waals surface area contributed by atoms with Gasteiger partial charge in [-0.05, 0) is 6.42 Å². The van der Waals surface area contributed by atoms with Crippen LogP contribution >= 0.6 is 81.2 Å². The molecule has 0 aliphatic carbocycles. The number of carbonyl (C=O) groups excluding carboxylic acids is 1. The zero-order valence-corrected chi connectivity index (χ0v) is 18.2. The molecule has 0 N–H and O–H groups in total. The van der Waals surface area contributed by atoms with Gasteiger partial charge in [0.15, 0.2) is 4.33 Å². The topological polar surface area (TPSA) is 48.9 Å². The fourth-order valence-corrected chi connectivity index (χ4v) is 3.63. The highest BCUT2D eigenvalue weighted by Gasteiger charge is 2.61. The maximum Gasteiger partial charge on any atom is 0.243 e. The number of carbonyl (C=O) groups is 1. The lowest BCUT2D eigenvalue weighted by Crippen LogP contribution is -2.61. The summed E-state index contributed by atoms with van der Waals surface area (Å²) in [5.74, 6) is -2.49. The summed E-state index contributed by atoms with van der Waals surface area (Å²) in [5.41, 5.74) is 0. The van der Waals surface area contributed by atoms with Gasteiger partial charge in [0.2, 0.25) is 10.1 Å². The molecule has 0 fully saturated rings. The standard InChI is InChI=1S/C8H15N2.C5H3Cl7O2/c1-3-4-5-10-7-6-9(2)8-10;6-1-3(7,5(10,11)12)4(8,9)2(13)14/h6-8H,3-5H2,1-2H3;1H2,(H,13,14)/q+1;/p-1. The summed E-state index contributed by atoms with van der Waals surface area (Å²) in [5, 5.41) is 10.6. The minimum absolute atomic E-state index is 0.591. The van der Waals surface area contributed by atoms with Gasteiger partial charge in [-0.2, -0.15) is 0 Å². The molecule has 4 nitrogen and oxygen atoms in total. The van der Waals surface area contributed by atoms with Crippen molar-refractivity contribution in [1.29, 1.82) is 0 Å². The van der Waals surface area contributed by atoms with Crippen LogP contribution in [0.4, 0.5) is 0 Å². The van der Waals surface area contributed by atoms with E-state index in [4.69, 9.17) is 81.2 Å². The number of rotatable bonds is 6. The van der Waals surface area contributed by atoms with Crippen LogP contribution in [-0.4, -0.2) is 29.4 Å². The summed E-state index contributed by atoms with van der Waals surface area (Å²) in [6, 6.07) is 0. The molecule has 140 valence electrons. The molecule has 1 unspecified atom stereocenters. The minimum Gasteiger partial charge on any atom is -0.547 e. The lowest BCUT2D eigenvalue weighted by molar-refractivity contribution is -0.671. The summed E-state index contributed by atoms with van der Waals surface area (Å²) in [6.07, 6.45) is 8.82. The number of carboxylic acid groups (broad SMARTS) is 1. The Kier molecular flexibility index (Phi) is 10.5. The van der Waals surface area contributed by atoms with E-state index in [9.17, 15) is 9.90 Å². The molecule has 1 aromatic heterocycles. The molecule has 1 aromatic rings. The van der Waals surface area contributed by atoms with E-state index in [0.29, 0.717) is 0 Å². The lowest BCUT2D eigenvalue weighted by Gasteiger charge is -2.41. The fourth-order valence-electron chi connectivity index (χ4n) is 1.47. The maximum absolute atomic E-state index is 10.6. The molecule has 24 heavy (non-hydrogen) atoms. The molecule has 0 saturated carbocycles. The summed E-state index contributed by atoms with van der Waals surface area (Å²) in [7, 11) is 2.04. The largest absolute Gasteiger partial charge is 0.547 e. The van der Waals surface area contributed by atoms with Crippen LogP contribution in [-0.2, 0) is 18.4 Å². The predicted molar refractivity (Wildman–Crippen MR) is 99.6 cm³/mol. The third-order valence-electron chi connectivity index (χ3n) is 2.98. The van der Waals surface area contributed by atoms with Crippen molar-refractivity contribution in [3.05, 3.63) is 18.7 Å². The first-order valence-corrected chi connectivity index (χ1v) is 9.55. The van der Waals surface area contributed by atoms with E-state index >= 15 is 0 Å². The van der Waals surface area contributed by atoms with Crippen LogP contribution in [0.5, 0.6) is 0 Å². The van der Waals surface area contributed by atoms with Crippen molar-refractivity contribution in [2.24, 2.45) is 7.05 Å². The monoisotopic (exact) mass is 478 g/mol. The average molecular weight is 481 g/mol. The molecule has 0 saturated heterocycles. The lowest BCUT2D eigenvalue weighted by atomic mass is 10.1. The van der Waals surface area contributed by atoms with E-state index in [1.165, 1.54) is 12.8 Å². The Hall–Kier alpha value is 0.710. The zero-order valence-electron chi connectivity index (χ0n) is 12.9. The highest BCUT2D eigenvalue weighted by molar-refractivity contribution is 6.75. The van der Waals surface area contributed by atoms with Crippen molar-refractivity contribution < 1.29 is 14.5 Å². The molecule has 0 amide bonds. The molecule has 0 bridgehead atoms. The molecule has 1 atom stereocenters. The highest BCUT2D eigenvalue weighted by Crippen LogP contribution is 2.53. The SMILES string of the molecule is CCCCn1cc[n+](C)c1.O=C([O-])C(Cl)(Cl)C(Cl)(CCl)C(Cl)(Cl)Cl. The van der Waals surface area contributed by atoms with Crippen molar-refractivity contribution >= 4 is 87.2 Å². The van der Waals surface area contributed by atoms with Gasteiger partial charge in [-0.3, -0.25) is 0 Å². The van der Waals surface area contributed by atoms with Crippen molar-refractivity contribution in [1.82, 2.24) is 4.57 Å². The molecule has 1 heterocycles. The second-order valence-corrected chi connectivity index (χ2v) is 9.49. The molecule has 11 heteroatoms. The molecular weight excluding hydrogens is 464 g/mol. The van der Waals surface area contributed by atoms with Gasteiger partial charge in [0.05, 0.1) is 19.6 Å². The first-order chi connectivity index (χ1) is 10.8. The molecule has 0 aromatic carbocycles. The Balaban J connectivity index is 0.000000463. The molecule has 1 rings (SSSR count). The van der Waals surface area contributed by atoms with E-state index in [-0.39, 0.29) is 0 Å². The summed E-state index contributed by atoms with van der Waals surface area (Å²) < 4.78 is -0.611. The van der Waals surface area contributed by atoms with Crippen molar-refractivity contribution in [2.45, 2.75) is 39.3 Å². The number of unbranched alkanes of at least 4 members (excludes halogenated alkanes) is 1. The number of aromatic nitrogens is 2. The third-order valence-corrected chi connectivity index (χ3v) is 6.62. The van der Waals surface area contributed by atoms with Crippen LogP contribution in [0.2, 0.25) is 0 Å². The summed E-state index contributed by atoms with van der Waals surface area (Å²) in [6.45, 7) is 3.36. The van der Waals surface area contributed by atoms with Crippen molar-refractivity contribution in [3.63, 3.8) is 0 Å². The van der Waals surface area contributed by atoms with E-state index in [0.717, 1.165) is 6.54 Å². The van der Waals surface area contributed by atoms with Crippen LogP contribution < -0.4 is 9.67 Å². The molecule has 0 spiro atoms. The van der Waals surface area contributed by atoms with Gasteiger partial charge in [-0.15, -0.1) is 23.2 Å². The van der Waals surface area contributed by atoms with Crippen LogP contribution in [0.3, 0.4) is 0 Å². The third kappa shape index (κ3) is 6.46. The maximum atomic E-state index is 10.6. The second-order valence-electron chi connectivity index (χ2n) is 4.96. The number of alkyl halides is 7. The Morgan fingerprint density at radius 2 is 1.75 bits per heavy atom. The average Bonchev–Trinajstić information content (AvgIpc) is 2.88. The van der Waals surface area contributed by atoms with Gasteiger partial charge in [-0.25, -0.2) is 9.13 Å². The molecular formula is C13H17Cl7N2O2. The van der Waals surface area contributed by atoms with Crippen molar-refractivity contribution in [2.75, 3.05) is 5.88 Å². The van der Waals surface area contributed by atoms with Crippen LogP contribution in [0.15, 0.2) is 18.7 Å². The number of hydrogen-bond donors (Lipinski definition) is 0. The number of nitrogens with zero attached hydrogens (tertiary/aromatic N) is 2. The van der Waals surface area contributed by atoms with Gasteiger partial charge in [0.1, 0.15) is 17.3 Å². The van der Waals surface area contributed by atoms with Gasteiger partial charge < -0.3 is 9.90 Å². The Labute approximate surface area is 176 Å². The van der Waals surface area contributed by atoms with E-state index < -0.39 is 24.8 Å². The highest BCUT2D eigenvalue weighted by atomic mass is 35.6. The predicted octanol–water partition coefficient (Wildman–Crippen LogP) is 3.61. The summed E-state index contributed by atoms with van der Waals surface area (Å²) >= 11 is 38.1. The first kappa shape index (κ1) is 24.7.